The Morgan fingerprint density at radius 3 is 1.86 bits per heavy atom. The summed E-state index contributed by atoms with van der Waals surface area (Å²) in [7, 11) is 0. The monoisotopic (exact) mass is 293 g/mol. The number of carbonyl (C=O) groups is 1. The molecule has 0 saturated heterocycles. The third-order valence-corrected chi connectivity index (χ3v) is 4.00. The first-order valence-electron chi connectivity index (χ1n) is 7.77. The second-order valence-corrected chi connectivity index (χ2v) is 5.47. The van der Waals surface area contributed by atoms with Crippen molar-refractivity contribution in [3.8, 4) is 0 Å². The highest BCUT2D eigenvalue weighted by Gasteiger charge is 2.39. The van der Waals surface area contributed by atoms with Crippen LogP contribution in [-0.2, 0) is 10.2 Å². The summed E-state index contributed by atoms with van der Waals surface area (Å²) in [5.41, 5.74) is 6.94. The number of hydrogen-bond donors (Lipinski definition) is 1. The van der Waals surface area contributed by atoms with Crippen molar-refractivity contribution in [2.45, 2.75) is 31.6 Å². The summed E-state index contributed by atoms with van der Waals surface area (Å²) < 4.78 is 0. The van der Waals surface area contributed by atoms with E-state index in [1.165, 1.54) is 0 Å². The van der Waals surface area contributed by atoms with Crippen LogP contribution in [-0.4, -0.2) is 5.91 Å². The zero-order valence-electron chi connectivity index (χ0n) is 13.0. The van der Waals surface area contributed by atoms with Crippen LogP contribution in [0, 0.1) is 0 Å². The maximum atomic E-state index is 12.5. The average Bonchev–Trinajstić information content (AvgIpc) is 2.56. The van der Waals surface area contributed by atoms with Crippen molar-refractivity contribution < 1.29 is 4.79 Å². The normalized spacial score (nSPS) is 11.7. The molecule has 0 aliphatic carbocycles. The largest absolute Gasteiger partial charge is 0.369 e. The van der Waals surface area contributed by atoms with Crippen molar-refractivity contribution in [3.63, 3.8) is 0 Å². The lowest BCUT2D eigenvalue weighted by Gasteiger charge is -2.31. The lowest BCUT2D eigenvalue weighted by molar-refractivity contribution is -0.122. The van der Waals surface area contributed by atoms with Gasteiger partial charge in [-0.15, -0.1) is 0 Å². The Morgan fingerprint density at radius 1 is 0.955 bits per heavy atom. The molecule has 2 aromatic rings. The van der Waals surface area contributed by atoms with Gasteiger partial charge in [0.15, 0.2) is 0 Å². The Hall–Kier alpha value is -2.35. The van der Waals surface area contributed by atoms with Gasteiger partial charge in [0.1, 0.15) is 5.41 Å². The first-order chi connectivity index (χ1) is 10.7. The number of amides is 1. The van der Waals surface area contributed by atoms with Gasteiger partial charge in [-0.05, 0) is 24.0 Å². The smallest absolute Gasteiger partial charge is 0.232 e. The van der Waals surface area contributed by atoms with Gasteiger partial charge in [-0.1, -0.05) is 86.2 Å². The molecule has 0 fully saturated rings. The molecule has 2 N–H and O–H groups in total. The Bertz CT molecular complexity index is 577. The molecule has 2 aromatic carbocycles. The van der Waals surface area contributed by atoms with Crippen LogP contribution in [0.4, 0.5) is 0 Å². The highest BCUT2D eigenvalue weighted by atomic mass is 16.1. The summed E-state index contributed by atoms with van der Waals surface area (Å²) in [6, 6.07) is 19.6. The lowest BCUT2D eigenvalue weighted by Crippen LogP contribution is -2.42. The van der Waals surface area contributed by atoms with E-state index >= 15 is 0 Å². The minimum Gasteiger partial charge on any atom is -0.369 e. The van der Waals surface area contributed by atoms with Crippen LogP contribution < -0.4 is 5.73 Å². The number of benzene rings is 2. The van der Waals surface area contributed by atoms with Gasteiger partial charge in [0.25, 0.3) is 0 Å². The molecule has 0 bridgehead atoms. The second-order valence-electron chi connectivity index (χ2n) is 5.47. The molecule has 0 radical (unpaired) electrons. The molecular formula is C20H23NO. The summed E-state index contributed by atoms with van der Waals surface area (Å²) >= 11 is 0. The third kappa shape index (κ3) is 3.28. The van der Waals surface area contributed by atoms with Crippen LogP contribution >= 0.6 is 0 Å². The first-order valence-corrected chi connectivity index (χ1v) is 7.77. The molecule has 0 aliphatic heterocycles. The zero-order valence-corrected chi connectivity index (χ0v) is 13.0. The van der Waals surface area contributed by atoms with E-state index in [0.29, 0.717) is 6.42 Å². The zero-order chi connectivity index (χ0) is 15.8. The van der Waals surface area contributed by atoms with Crippen molar-refractivity contribution in [3.05, 3.63) is 83.9 Å². The number of allylic oxidation sites excluding steroid dienone is 2. The predicted octanol–water partition coefficient (Wildman–Crippen LogP) is 4.20. The fourth-order valence-electron chi connectivity index (χ4n) is 2.78. The standard InChI is InChI=1S/C20H23NO/c1-2-3-4-11-16-20(19(21)22,17-12-7-5-8-13-17)18-14-9-6-10-15-18/h4-15H,2-3,16H2,1H3,(H2,21,22). The van der Waals surface area contributed by atoms with Gasteiger partial charge < -0.3 is 5.73 Å². The lowest BCUT2D eigenvalue weighted by atomic mass is 9.71. The van der Waals surface area contributed by atoms with Gasteiger partial charge in [-0.2, -0.15) is 0 Å². The van der Waals surface area contributed by atoms with Crippen LogP contribution in [0.25, 0.3) is 0 Å². The minimum atomic E-state index is -0.813. The Balaban J connectivity index is 2.53. The molecule has 0 aliphatic rings. The molecule has 0 unspecified atom stereocenters. The molecule has 22 heavy (non-hydrogen) atoms. The van der Waals surface area contributed by atoms with Gasteiger partial charge in [0, 0.05) is 0 Å². The summed E-state index contributed by atoms with van der Waals surface area (Å²) in [5.74, 6) is -0.314. The topological polar surface area (TPSA) is 43.1 Å². The highest BCUT2D eigenvalue weighted by Crippen LogP contribution is 2.36. The maximum absolute atomic E-state index is 12.5. The number of primary amides is 1. The summed E-state index contributed by atoms with van der Waals surface area (Å²) in [4.78, 5) is 12.5. The van der Waals surface area contributed by atoms with E-state index in [0.717, 1.165) is 24.0 Å². The summed E-state index contributed by atoms with van der Waals surface area (Å²) in [6.07, 6.45) is 6.89. The number of carbonyl (C=O) groups excluding carboxylic acids is 1. The number of nitrogens with two attached hydrogens (primary N) is 1. The predicted molar refractivity (Wildman–Crippen MR) is 91.5 cm³/mol. The van der Waals surface area contributed by atoms with Gasteiger partial charge in [-0.25, -0.2) is 0 Å². The van der Waals surface area contributed by atoms with Crippen molar-refractivity contribution in [2.24, 2.45) is 5.73 Å². The van der Waals surface area contributed by atoms with Crippen molar-refractivity contribution >= 4 is 5.91 Å². The third-order valence-electron chi connectivity index (χ3n) is 4.00. The molecule has 0 saturated carbocycles. The molecule has 2 rings (SSSR count). The summed E-state index contributed by atoms with van der Waals surface area (Å²) in [6.45, 7) is 2.14. The second kappa shape index (κ2) is 7.60. The van der Waals surface area contributed by atoms with Crippen LogP contribution in [0.15, 0.2) is 72.8 Å². The van der Waals surface area contributed by atoms with E-state index in [4.69, 9.17) is 5.73 Å². The summed E-state index contributed by atoms with van der Waals surface area (Å²) in [5, 5.41) is 0. The minimum absolute atomic E-state index is 0.314. The van der Waals surface area contributed by atoms with Crippen LogP contribution in [0.1, 0.15) is 37.3 Å². The molecule has 0 spiro atoms. The Labute approximate surface area is 132 Å². The SMILES string of the molecule is CCCC=CCC(C(N)=O)(c1ccccc1)c1ccccc1. The first kappa shape index (κ1) is 16.0. The molecular weight excluding hydrogens is 270 g/mol. The molecule has 2 heteroatoms. The molecule has 114 valence electrons. The Morgan fingerprint density at radius 2 is 1.45 bits per heavy atom. The van der Waals surface area contributed by atoms with E-state index in [2.05, 4.69) is 19.1 Å². The maximum Gasteiger partial charge on any atom is 0.232 e. The van der Waals surface area contributed by atoms with Gasteiger partial charge in [0.05, 0.1) is 0 Å². The molecule has 0 atom stereocenters. The number of unbranched alkanes of at least 4 members (excludes halogenated alkanes) is 1. The van der Waals surface area contributed by atoms with Crippen LogP contribution in [0.5, 0.6) is 0 Å². The van der Waals surface area contributed by atoms with Crippen LogP contribution in [0.2, 0.25) is 0 Å². The number of rotatable bonds is 7. The Kier molecular flexibility index (Phi) is 5.54. The van der Waals surface area contributed by atoms with Crippen molar-refractivity contribution in [1.82, 2.24) is 0 Å². The average molecular weight is 293 g/mol. The van der Waals surface area contributed by atoms with E-state index in [-0.39, 0.29) is 5.91 Å². The van der Waals surface area contributed by atoms with Crippen LogP contribution in [0.3, 0.4) is 0 Å². The van der Waals surface area contributed by atoms with E-state index in [9.17, 15) is 4.79 Å². The van der Waals surface area contributed by atoms with E-state index in [1.807, 2.05) is 60.7 Å². The molecule has 2 nitrogen and oxygen atoms in total. The fraction of sp³-hybridized carbons (Fsp3) is 0.250. The fourth-order valence-corrected chi connectivity index (χ4v) is 2.78. The van der Waals surface area contributed by atoms with E-state index in [1.54, 1.807) is 0 Å². The van der Waals surface area contributed by atoms with Gasteiger partial charge >= 0.3 is 0 Å². The van der Waals surface area contributed by atoms with Gasteiger partial charge in [-0.3, -0.25) is 4.79 Å². The van der Waals surface area contributed by atoms with Gasteiger partial charge in [0.2, 0.25) is 5.91 Å². The molecule has 0 heterocycles. The quantitative estimate of drug-likeness (QED) is 0.764. The molecule has 0 aromatic heterocycles. The molecule has 1 amide bonds. The highest BCUT2D eigenvalue weighted by molar-refractivity contribution is 5.91. The number of hydrogen-bond acceptors (Lipinski definition) is 1. The van der Waals surface area contributed by atoms with Crippen molar-refractivity contribution in [1.29, 1.82) is 0 Å². The van der Waals surface area contributed by atoms with Crippen molar-refractivity contribution in [2.75, 3.05) is 0 Å². The van der Waals surface area contributed by atoms with E-state index < -0.39 is 5.41 Å².